The molecule has 1 unspecified atom stereocenters. The molecule has 0 radical (unpaired) electrons. The second-order valence-corrected chi connectivity index (χ2v) is 6.26. The van der Waals surface area contributed by atoms with Crippen LogP contribution in [0.1, 0.15) is 38.7 Å². The van der Waals surface area contributed by atoms with Crippen LogP contribution in [0.3, 0.4) is 0 Å². The molecule has 0 bridgehead atoms. The molecule has 1 aliphatic rings. The molecule has 0 saturated heterocycles. The van der Waals surface area contributed by atoms with Crippen molar-refractivity contribution in [3.05, 3.63) is 35.9 Å². The summed E-state index contributed by atoms with van der Waals surface area (Å²) in [5.41, 5.74) is 7.53. The second kappa shape index (κ2) is 6.53. The maximum absolute atomic E-state index is 6.09. The molecule has 1 atom stereocenters. The van der Waals surface area contributed by atoms with E-state index in [1.807, 2.05) is 0 Å². The summed E-state index contributed by atoms with van der Waals surface area (Å²) in [6, 6.07) is 10.7. The van der Waals surface area contributed by atoms with Crippen molar-refractivity contribution in [3.8, 4) is 0 Å². The van der Waals surface area contributed by atoms with Crippen molar-refractivity contribution in [1.82, 2.24) is 4.90 Å². The number of rotatable bonds is 7. The molecule has 1 aliphatic carbocycles. The van der Waals surface area contributed by atoms with Gasteiger partial charge >= 0.3 is 0 Å². The first-order chi connectivity index (χ1) is 9.18. The Bertz CT molecular complexity index is 372. The molecule has 2 rings (SSSR count). The van der Waals surface area contributed by atoms with Crippen molar-refractivity contribution >= 4 is 0 Å². The predicted molar refractivity (Wildman–Crippen MR) is 82.3 cm³/mol. The minimum absolute atomic E-state index is 0.0705. The molecule has 0 aliphatic heterocycles. The van der Waals surface area contributed by atoms with E-state index in [0.717, 1.165) is 19.0 Å². The first-order valence-electron chi connectivity index (χ1n) is 7.66. The molecule has 19 heavy (non-hydrogen) atoms. The Morgan fingerprint density at radius 2 is 1.95 bits per heavy atom. The lowest BCUT2D eigenvalue weighted by molar-refractivity contribution is 0.157. The Labute approximate surface area is 118 Å². The Kier molecular flexibility index (Phi) is 5.00. The van der Waals surface area contributed by atoms with Gasteiger partial charge in [0.15, 0.2) is 0 Å². The van der Waals surface area contributed by atoms with Gasteiger partial charge in [-0.2, -0.15) is 0 Å². The summed E-state index contributed by atoms with van der Waals surface area (Å²) in [7, 11) is 0. The lowest BCUT2D eigenvalue weighted by Crippen LogP contribution is -2.46. The molecule has 2 heteroatoms. The molecule has 2 nitrogen and oxygen atoms in total. The van der Waals surface area contributed by atoms with Crippen molar-refractivity contribution < 1.29 is 0 Å². The SMILES string of the molecule is CCN(CC1CCC1)CC(C)(CN)c1ccccc1. The van der Waals surface area contributed by atoms with Gasteiger partial charge in [0.05, 0.1) is 0 Å². The van der Waals surface area contributed by atoms with Crippen molar-refractivity contribution in [2.24, 2.45) is 11.7 Å². The van der Waals surface area contributed by atoms with Gasteiger partial charge < -0.3 is 10.6 Å². The summed E-state index contributed by atoms with van der Waals surface area (Å²) < 4.78 is 0. The normalized spacial score (nSPS) is 19.2. The molecule has 1 aromatic rings. The first-order valence-corrected chi connectivity index (χ1v) is 7.66. The zero-order valence-electron chi connectivity index (χ0n) is 12.4. The lowest BCUT2D eigenvalue weighted by atomic mass is 9.80. The first kappa shape index (κ1) is 14.5. The quantitative estimate of drug-likeness (QED) is 0.816. The molecule has 106 valence electrons. The number of likely N-dealkylation sites (N-methyl/N-ethyl adjacent to an activating group) is 1. The molecular weight excluding hydrogens is 232 g/mol. The third-order valence-electron chi connectivity index (χ3n) is 4.68. The van der Waals surface area contributed by atoms with E-state index >= 15 is 0 Å². The van der Waals surface area contributed by atoms with Gasteiger partial charge in [-0.15, -0.1) is 0 Å². The maximum Gasteiger partial charge on any atom is 0.0174 e. The third-order valence-corrected chi connectivity index (χ3v) is 4.68. The summed E-state index contributed by atoms with van der Waals surface area (Å²) >= 11 is 0. The highest BCUT2D eigenvalue weighted by Gasteiger charge is 2.29. The fourth-order valence-electron chi connectivity index (χ4n) is 2.95. The standard InChI is InChI=1S/C17H28N2/c1-3-19(12-15-8-7-9-15)14-17(2,13-18)16-10-5-4-6-11-16/h4-6,10-11,15H,3,7-9,12-14,18H2,1-2H3. The number of hydrogen-bond donors (Lipinski definition) is 1. The fraction of sp³-hybridized carbons (Fsp3) is 0.647. The fourth-order valence-corrected chi connectivity index (χ4v) is 2.95. The van der Waals surface area contributed by atoms with Crippen molar-refractivity contribution in [1.29, 1.82) is 0 Å². The Morgan fingerprint density at radius 1 is 1.26 bits per heavy atom. The topological polar surface area (TPSA) is 29.3 Å². The van der Waals surface area contributed by atoms with E-state index in [2.05, 4.69) is 49.1 Å². The highest BCUT2D eigenvalue weighted by molar-refractivity contribution is 5.25. The number of hydrogen-bond acceptors (Lipinski definition) is 2. The average molecular weight is 260 g/mol. The highest BCUT2D eigenvalue weighted by Crippen LogP contribution is 2.29. The van der Waals surface area contributed by atoms with Gasteiger partial charge in [-0.05, 0) is 30.9 Å². The summed E-state index contributed by atoms with van der Waals surface area (Å²) in [5.74, 6) is 0.928. The minimum Gasteiger partial charge on any atom is -0.330 e. The van der Waals surface area contributed by atoms with Crippen molar-refractivity contribution in [3.63, 3.8) is 0 Å². The molecule has 0 aromatic heterocycles. The van der Waals surface area contributed by atoms with E-state index in [-0.39, 0.29) is 5.41 Å². The van der Waals surface area contributed by atoms with Gasteiger partial charge in [0.1, 0.15) is 0 Å². The predicted octanol–water partition coefficient (Wildman–Crippen LogP) is 3.03. The van der Waals surface area contributed by atoms with Gasteiger partial charge in [0, 0.05) is 25.0 Å². The maximum atomic E-state index is 6.09. The van der Waals surface area contributed by atoms with Crippen LogP contribution in [0.4, 0.5) is 0 Å². The number of nitrogens with zero attached hydrogens (tertiary/aromatic N) is 1. The summed E-state index contributed by atoms with van der Waals surface area (Å²) in [6.45, 7) is 8.71. The van der Waals surface area contributed by atoms with E-state index in [4.69, 9.17) is 5.73 Å². The van der Waals surface area contributed by atoms with Gasteiger partial charge in [-0.1, -0.05) is 50.6 Å². The zero-order valence-corrected chi connectivity index (χ0v) is 12.4. The zero-order chi connectivity index (χ0) is 13.7. The second-order valence-electron chi connectivity index (χ2n) is 6.26. The van der Waals surface area contributed by atoms with Crippen LogP contribution >= 0.6 is 0 Å². The van der Waals surface area contributed by atoms with Gasteiger partial charge in [-0.3, -0.25) is 0 Å². The Balaban J connectivity index is 2.03. The smallest absolute Gasteiger partial charge is 0.0174 e. The third kappa shape index (κ3) is 3.58. The molecular formula is C17H28N2. The summed E-state index contributed by atoms with van der Waals surface area (Å²) in [5, 5.41) is 0. The van der Waals surface area contributed by atoms with Gasteiger partial charge in [0.2, 0.25) is 0 Å². The molecule has 0 amide bonds. The molecule has 1 saturated carbocycles. The van der Waals surface area contributed by atoms with E-state index in [1.165, 1.54) is 31.4 Å². The molecule has 0 heterocycles. The van der Waals surface area contributed by atoms with E-state index in [1.54, 1.807) is 0 Å². The molecule has 1 fully saturated rings. The van der Waals surface area contributed by atoms with Crippen LogP contribution < -0.4 is 5.73 Å². The molecule has 0 spiro atoms. The monoisotopic (exact) mass is 260 g/mol. The van der Waals surface area contributed by atoms with Gasteiger partial charge in [-0.25, -0.2) is 0 Å². The lowest BCUT2D eigenvalue weighted by Gasteiger charge is -2.38. The van der Waals surface area contributed by atoms with Crippen LogP contribution in [0.15, 0.2) is 30.3 Å². The van der Waals surface area contributed by atoms with Crippen LogP contribution in [-0.4, -0.2) is 31.1 Å². The van der Waals surface area contributed by atoms with E-state index in [9.17, 15) is 0 Å². The van der Waals surface area contributed by atoms with E-state index < -0.39 is 0 Å². The Morgan fingerprint density at radius 3 is 2.42 bits per heavy atom. The van der Waals surface area contributed by atoms with Gasteiger partial charge in [0.25, 0.3) is 0 Å². The van der Waals surface area contributed by atoms with E-state index in [0.29, 0.717) is 6.54 Å². The summed E-state index contributed by atoms with van der Waals surface area (Å²) in [6.07, 6.45) is 4.26. The van der Waals surface area contributed by atoms with Crippen LogP contribution in [0.25, 0.3) is 0 Å². The summed E-state index contributed by atoms with van der Waals surface area (Å²) in [4.78, 5) is 2.59. The number of benzene rings is 1. The van der Waals surface area contributed by atoms with Crippen LogP contribution in [0.5, 0.6) is 0 Å². The average Bonchev–Trinajstić information content (AvgIpc) is 2.42. The van der Waals surface area contributed by atoms with Crippen LogP contribution in [0.2, 0.25) is 0 Å². The van der Waals surface area contributed by atoms with Crippen molar-refractivity contribution in [2.75, 3.05) is 26.2 Å². The molecule has 1 aromatic carbocycles. The number of nitrogens with two attached hydrogens (primary N) is 1. The van der Waals surface area contributed by atoms with Crippen molar-refractivity contribution in [2.45, 2.75) is 38.5 Å². The van der Waals surface area contributed by atoms with Crippen LogP contribution in [0, 0.1) is 5.92 Å². The minimum atomic E-state index is 0.0705. The van der Waals surface area contributed by atoms with Crippen LogP contribution in [-0.2, 0) is 5.41 Å². The Hall–Kier alpha value is -0.860. The highest BCUT2D eigenvalue weighted by atomic mass is 15.1. The largest absolute Gasteiger partial charge is 0.330 e. The molecule has 2 N–H and O–H groups in total.